The lowest BCUT2D eigenvalue weighted by Crippen LogP contribution is -1.96. The fourth-order valence-corrected chi connectivity index (χ4v) is 8.53. The lowest BCUT2D eigenvalue weighted by atomic mass is 9.95. The van der Waals surface area contributed by atoms with Crippen LogP contribution in [0.15, 0.2) is 176 Å². The molecule has 0 spiro atoms. The van der Waals surface area contributed by atoms with Crippen LogP contribution in [0.3, 0.4) is 0 Å². The lowest BCUT2D eigenvalue weighted by molar-refractivity contribution is 1.18. The minimum absolute atomic E-state index is 0.721. The molecule has 0 saturated heterocycles. The maximum absolute atomic E-state index is 5.24. The molecule has 0 fully saturated rings. The summed E-state index contributed by atoms with van der Waals surface area (Å²) in [6, 6.07) is 62.5. The number of nitrogens with zero attached hydrogens (tertiary/aromatic N) is 3. The molecule has 0 saturated carbocycles. The summed E-state index contributed by atoms with van der Waals surface area (Å²) in [6.45, 7) is 0. The molecule has 3 aromatic heterocycles. The summed E-state index contributed by atoms with van der Waals surface area (Å²) in [4.78, 5) is 10.3. The highest BCUT2D eigenvalue weighted by Crippen LogP contribution is 2.45. The van der Waals surface area contributed by atoms with Crippen LogP contribution in [0.1, 0.15) is 0 Å². The van der Waals surface area contributed by atoms with Gasteiger partial charge < -0.3 is 4.57 Å². The molecule has 234 valence electrons. The molecule has 0 unspecified atom stereocenters. The molecule has 0 bridgehead atoms. The van der Waals surface area contributed by atoms with Gasteiger partial charge in [0.25, 0.3) is 0 Å². The van der Waals surface area contributed by atoms with Crippen molar-refractivity contribution < 1.29 is 0 Å². The second-order valence-corrected chi connectivity index (χ2v) is 13.7. The quantitative estimate of drug-likeness (QED) is 0.185. The Bertz CT molecular complexity index is 2800. The van der Waals surface area contributed by atoms with E-state index in [4.69, 9.17) is 9.97 Å². The SMILES string of the molecule is c1ccc(-c2cc(-c3cccc4sc5cccc(-c6ccc7c(c6)c6ccccc6n7-c6ccccc6)c5c34)nc(-c3ccccc3)n2)cc1. The Morgan fingerprint density at radius 1 is 0.400 bits per heavy atom. The molecule has 0 aliphatic heterocycles. The van der Waals surface area contributed by atoms with E-state index in [0.29, 0.717) is 0 Å². The highest BCUT2D eigenvalue weighted by molar-refractivity contribution is 7.26. The summed E-state index contributed by atoms with van der Waals surface area (Å²) in [7, 11) is 0. The number of hydrogen-bond donors (Lipinski definition) is 0. The summed E-state index contributed by atoms with van der Waals surface area (Å²) >= 11 is 1.84. The van der Waals surface area contributed by atoms with Gasteiger partial charge in [-0.2, -0.15) is 0 Å². The fourth-order valence-electron chi connectivity index (χ4n) is 7.37. The average Bonchev–Trinajstić information content (AvgIpc) is 3.74. The van der Waals surface area contributed by atoms with Crippen LogP contribution in [-0.2, 0) is 0 Å². The number of benzene rings is 7. The van der Waals surface area contributed by atoms with Crippen molar-refractivity contribution in [2.75, 3.05) is 0 Å². The van der Waals surface area contributed by atoms with Gasteiger partial charge in [0.2, 0.25) is 0 Å². The molecule has 0 amide bonds. The van der Waals surface area contributed by atoms with Crippen molar-refractivity contribution in [1.29, 1.82) is 0 Å². The van der Waals surface area contributed by atoms with E-state index >= 15 is 0 Å². The largest absolute Gasteiger partial charge is 0.309 e. The highest BCUT2D eigenvalue weighted by atomic mass is 32.1. The van der Waals surface area contributed by atoms with Gasteiger partial charge in [-0.15, -0.1) is 11.3 Å². The van der Waals surface area contributed by atoms with Gasteiger partial charge in [-0.3, -0.25) is 0 Å². The van der Waals surface area contributed by atoms with Crippen molar-refractivity contribution in [3.8, 4) is 50.7 Å². The molecule has 10 aromatic rings. The Morgan fingerprint density at radius 3 is 1.76 bits per heavy atom. The summed E-state index contributed by atoms with van der Waals surface area (Å²) in [6.07, 6.45) is 0. The number of fused-ring (bicyclic) bond motifs is 6. The monoisotopic (exact) mass is 655 g/mol. The Kier molecular flexibility index (Phi) is 6.68. The highest BCUT2D eigenvalue weighted by Gasteiger charge is 2.19. The number of aromatic nitrogens is 3. The summed E-state index contributed by atoms with van der Waals surface area (Å²) in [5, 5.41) is 4.98. The number of hydrogen-bond acceptors (Lipinski definition) is 3. The van der Waals surface area contributed by atoms with Gasteiger partial charge in [-0.1, -0.05) is 127 Å². The second kappa shape index (κ2) is 11.7. The predicted molar refractivity (Wildman–Crippen MR) is 211 cm³/mol. The Hall–Kier alpha value is -6.36. The molecule has 3 heterocycles. The van der Waals surface area contributed by atoms with Crippen molar-refractivity contribution in [3.05, 3.63) is 176 Å². The van der Waals surface area contributed by atoms with Crippen LogP contribution in [0.5, 0.6) is 0 Å². The Labute approximate surface area is 293 Å². The van der Waals surface area contributed by atoms with Crippen LogP contribution in [0, 0.1) is 0 Å². The molecule has 7 aromatic carbocycles. The van der Waals surface area contributed by atoms with E-state index < -0.39 is 0 Å². The molecule has 4 heteroatoms. The Morgan fingerprint density at radius 2 is 1.00 bits per heavy atom. The van der Waals surface area contributed by atoms with Gasteiger partial charge in [-0.05, 0) is 59.7 Å². The van der Waals surface area contributed by atoms with E-state index in [1.807, 2.05) is 35.6 Å². The van der Waals surface area contributed by atoms with Gasteiger partial charge in [0.05, 0.1) is 22.4 Å². The van der Waals surface area contributed by atoms with Gasteiger partial charge in [0.15, 0.2) is 5.82 Å². The maximum Gasteiger partial charge on any atom is 0.160 e. The molecule has 0 aliphatic rings. The van der Waals surface area contributed by atoms with Gasteiger partial charge in [0, 0.05) is 53.3 Å². The zero-order valence-electron chi connectivity index (χ0n) is 27.0. The first-order valence-corrected chi connectivity index (χ1v) is 17.7. The normalized spacial score (nSPS) is 11.6. The van der Waals surface area contributed by atoms with E-state index in [-0.39, 0.29) is 0 Å². The van der Waals surface area contributed by atoms with Crippen LogP contribution >= 0.6 is 11.3 Å². The van der Waals surface area contributed by atoms with Crippen LogP contribution in [-0.4, -0.2) is 14.5 Å². The summed E-state index contributed by atoms with van der Waals surface area (Å²) in [5.41, 5.74) is 11.0. The van der Waals surface area contributed by atoms with Gasteiger partial charge in [0.1, 0.15) is 0 Å². The minimum atomic E-state index is 0.721. The van der Waals surface area contributed by atoms with Crippen molar-refractivity contribution in [2.45, 2.75) is 0 Å². The van der Waals surface area contributed by atoms with Crippen LogP contribution < -0.4 is 0 Å². The number of thiophene rings is 1. The van der Waals surface area contributed by atoms with E-state index in [9.17, 15) is 0 Å². The standard InChI is InChI=1S/C46H29N3S/c1-4-14-30(15-5-1)38-29-39(48-46(47-38)31-16-6-2-7-17-31)36-22-13-25-43-45(36)44-34(21-12-24-42(44)50-43)32-26-27-41-37(28-32)35-20-10-11-23-40(35)49(41)33-18-8-3-9-19-33/h1-29H. The maximum atomic E-state index is 5.24. The van der Waals surface area contributed by atoms with Crippen LogP contribution in [0.2, 0.25) is 0 Å². The third-order valence-corrected chi connectivity index (χ3v) is 10.7. The van der Waals surface area contributed by atoms with E-state index in [1.54, 1.807) is 0 Å². The molecular weight excluding hydrogens is 627 g/mol. The van der Waals surface area contributed by atoms with Crippen molar-refractivity contribution >= 4 is 53.3 Å². The summed E-state index contributed by atoms with van der Waals surface area (Å²) in [5.74, 6) is 0.721. The third kappa shape index (κ3) is 4.65. The van der Waals surface area contributed by atoms with E-state index in [2.05, 4.69) is 156 Å². The van der Waals surface area contributed by atoms with Crippen molar-refractivity contribution in [3.63, 3.8) is 0 Å². The smallest absolute Gasteiger partial charge is 0.160 e. The third-order valence-electron chi connectivity index (χ3n) is 9.62. The van der Waals surface area contributed by atoms with Gasteiger partial charge >= 0.3 is 0 Å². The first kappa shape index (κ1) is 28.6. The fraction of sp³-hybridized carbons (Fsp3) is 0. The molecule has 0 N–H and O–H groups in total. The first-order valence-electron chi connectivity index (χ1n) is 16.8. The van der Waals surface area contributed by atoms with Crippen molar-refractivity contribution in [1.82, 2.24) is 14.5 Å². The topological polar surface area (TPSA) is 30.7 Å². The molecule has 0 aliphatic carbocycles. The minimum Gasteiger partial charge on any atom is -0.309 e. The molecule has 3 nitrogen and oxygen atoms in total. The first-order chi connectivity index (χ1) is 24.8. The zero-order valence-corrected chi connectivity index (χ0v) is 27.8. The second-order valence-electron chi connectivity index (χ2n) is 12.6. The molecule has 0 atom stereocenters. The van der Waals surface area contributed by atoms with Crippen LogP contribution in [0.25, 0.3) is 92.7 Å². The molecule has 0 radical (unpaired) electrons. The van der Waals surface area contributed by atoms with E-state index in [1.165, 1.54) is 53.1 Å². The summed E-state index contributed by atoms with van der Waals surface area (Å²) < 4.78 is 4.88. The molecule has 10 rings (SSSR count). The number of para-hydroxylation sites is 2. The Balaban J connectivity index is 1.22. The van der Waals surface area contributed by atoms with E-state index in [0.717, 1.165) is 39.6 Å². The molecular formula is C46H29N3S. The lowest BCUT2D eigenvalue weighted by Gasteiger charge is -2.12. The van der Waals surface area contributed by atoms with Gasteiger partial charge in [-0.25, -0.2) is 9.97 Å². The number of rotatable bonds is 5. The average molecular weight is 656 g/mol. The zero-order chi connectivity index (χ0) is 33.0. The molecule has 50 heavy (non-hydrogen) atoms. The predicted octanol–water partition coefficient (Wildman–Crippen LogP) is 12.6. The van der Waals surface area contributed by atoms with Crippen LogP contribution in [0.4, 0.5) is 0 Å². The van der Waals surface area contributed by atoms with Crippen molar-refractivity contribution in [2.24, 2.45) is 0 Å².